The molecule has 0 bridgehead atoms. The molecule has 2 heterocycles. The largest absolute Gasteiger partial charge is 0.353 e. The van der Waals surface area contributed by atoms with Gasteiger partial charge in [0.15, 0.2) is 5.16 Å². The van der Waals surface area contributed by atoms with Gasteiger partial charge in [0.25, 0.3) is 5.56 Å². The third kappa shape index (κ3) is 2.81. The Labute approximate surface area is 136 Å². The minimum Gasteiger partial charge on any atom is -0.353 e. The molecule has 1 aromatic carbocycles. The third-order valence-electron chi connectivity index (χ3n) is 3.38. The SMILES string of the molecule is CC(C)NC(=O)CSc1nnc2n(C)c(=O)c3ccccc3n12. The van der Waals surface area contributed by atoms with Crippen molar-refractivity contribution < 1.29 is 4.79 Å². The maximum atomic E-state index is 12.3. The van der Waals surface area contributed by atoms with E-state index in [9.17, 15) is 9.59 Å². The van der Waals surface area contributed by atoms with Crippen LogP contribution in [0.5, 0.6) is 0 Å². The van der Waals surface area contributed by atoms with Gasteiger partial charge < -0.3 is 5.32 Å². The van der Waals surface area contributed by atoms with E-state index in [0.717, 1.165) is 5.52 Å². The predicted molar refractivity (Wildman–Crippen MR) is 89.7 cm³/mol. The topological polar surface area (TPSA) is 81.3 Å². The van der Waals surface area contributed by atoms with Gasteiger partial charge in [-0.1, -0.05) is 23.9 Å². The number of carbonyl (C=O) groups excluding carboxylic acids is 1. The second-order valence-electron chi connectivity index (χ2n) is 5.51. The number of fused-ring (bicyclic) bond motifs is 3. The number of aromatic nitrogens is 4. The summed E-state index contributed by atoms with van der Waals surface area (Å²) in [7, 11) is 1.67. The first-order valence-corrected chi connectivity index (χ1v) is 8.22. The Morgan fingerprint density at radius 1 is 1.30 bits per heavy atom. The quantitative estimate of drug-likeness (QED) is 0.727. The fraction of sp³-hybridized carbons (Fsp3) is 0.333. The lowest BCUT2D eigenvalue weighted by Crippen LogP contribution is -2.31. The van der Waals surface area contributed by atoms with Crippen molar-refractivity contribution >= 4 is 34.3 Å². The first-order chi connectivity index (χ1) is 11.0. The van der Waals surface area contributed by atoms with Crippen LogP contribution in [0.15, 0.2) is 34.2 Å². The summed E-state index contributed by atoms with van der Waals surface area (Å²) < 4.78 is 3.28. The molecule has 0 unspecified atom stereocenters. The molecule has 120 valence electrons. The number of aryl methyl sites for hydroxylation is 1. The lowest BCUT2D eigenvalue weighted by atomic mass is 10.2. The van der Waals surface area contributed by atoms with Gasteiger partial charge in [0.05, 0.1) is 16.7 Å². The van der Waals surface area contributed by atoms with Crippen molar-refractivity contribution in [2.45, 2.75) is 25.0 Å². The van der Waals surface area contributed by atoms with Gasteiger partial charge >= 0.3 is 0 Å². The number of benzene rings is 1. The van der Waals surface area contributed by atoms with Crippen LogP contribution in [0.1, 0.15) is 13.8 Å². The summed E-state index contributed by atoms with van der Waals surface area (Å²) in [6, 6.07) is 7.41. The van der Waals surface area contributed by atoms with E-state index < -0.39 is 0 Å². The molecule has 0 aliphatic heterocycles. The maximum absolute atomic E-state index is 12.3. The third-order valence-corrected chi connectivity index (χ3v) is 4.31. The zero-order chi connectivity index (χ0) is 16.6. The van der Waals surface area contributed by atoms with E-state index >= 15 is 0 Å². The molecule has 0 aliphatic rings. The van der Waals surface area contributed by atoms with Crippen LogP contribution < -0.4 is 10.9 Å². The van der Waals surface area contributed by atoms with Crippen molar-refractivity contribution in [1.29, 1.82) is 0 Å². The predicted octanol–water partition coefficient (Wildman–Crippen LogP) is 1.20. The van der Waals surface area contributed by atoms with Crippen LogP contribution in [0, 0.1) is 0 Å². The number of rotatable bonds is 4. The zero-order valence-electron chi connectivity index (χ0n) is 13.1. The molecule has 0 fully saturated rings. The molecule has 3 rings (SSSR count). The number of para-hydroxylation sites is 1. The molecule has 0 spiro atoms. The van der Waals surface area contributed by atoms with Crippen LogP contribution in [0.25, 0.3) is 16.7 Å². The molecule has 0 saturated carbocycles. The van der Waals surface area contributed by atoms with E-state index in [-0.39, 0.29) is 23.3 Å². The van der Waals surface area contributed by atoms with Gasteiger partial charge in [0.1, 0.15) is 0 Å². The highest BCUT2D eigenvalue weighted by Gasteiger charge is 2.15. The number of nitrogens with one attached hydrogen (secondary N) is 1. The lowest BCUT2D eigenvalue weighted by molar-refractivity contribution is -0.119. The molecule has 7 nitrogen and oxygen atoms in total. The van der Waals surface area contributed by atoms with Gasteiger partial charge in [0, 0.05) is 13.1 Å². The fourth-order valence-corrected chi connectivity index (χ4v) is 3.15. The number of hydrogen-bond acceptors (Lipinski definition) is 5. The number of carbonyl (C=O) groups is 1. The molecule has 0 radical (unpaired) electrons. The first kappa shape index (κ1) is 15.5. The molecule has 1 amide bonds. The number of hydrogen-bond donors (Lipinski definition) is 1. The Balaban J connectivity index is 2.06. The molecule has 2 aromatic heterocycles. The lowest BCUT2D eigenvalue weighted by Gasteiger charge is -2.09. The van der Waals surface area contributed by atoms with Crippen molar-refractivity contribution in [3.63, 3.8) is 0 Å². The Bertz CT molecular complexity index is 944. The van der Waals surface area contributed by atoms with Crippen molar-refractivity contribution in [3.8, 4) is 0 Å². The number of amides is 1. The standard InChI is InChI=1S/C15H17N5O2S/c1-9(2)16-12(21)8-23-15-18-17-14-19(3)13(22)10-6-4-5-7-11(10)20(14)15/h4-7,9H,8H2,1-3H3,(H,16,21). The fourth-order valence-electron chi connectivity index (χ4n) is 2.40. The highest BCUT2D eigenvalue weighted by Crippen LogP contribution is 2.20. The van der Waals surface area contributed by atoms with Crippen LogP contribution in [-0.2, 0) is 11.8 Å². The molecule has 23 heavy (non-hydrogen) atoms. The zero-order valence-corrected chi connectivity index (χ0v) is 13.9. The molecule has 1 N–H and O–H groups in total. The van der Waals surface area contributed by atoms with Crippen LogP contribution in [0.3, 0.4) is 0 Å². The Hall–Kier alpha value is -2.35. The Morgan fingerprint density at radius 3 is 2.78 bits per heavy atom. The van der Waals surface area contributed by atoms with E-state index in [4.69, 9.17) is 0 Å². The Morgan fingerprint density at radius 2 is 2.04 bits per heavy atom. The molecule has 0 saturated heterocycles. The van der Waals surface area contributed by atoms with Crippen molar-refractivity contribution in [2.75, 3.05) is 5.75 Å². The van der Waals surface area contributed by atoms with E-state index in [1.807, 2.05) is 36.4 Å². The average molecular weight is 331 g/mol. The molecular formula is C15H17N5O2S. The molecule has 3 aromatic rings. The van der Waals surface area contributed by atoms with Crippen molar-refractivity contribution in [3.05, 3.63) is 34.6 Å². The van der Waals surface area contributed by atoms with Gasteiger partial charge in [-0.05, 0) is 26.0 Å². The van der Waals surface area contributed by atoms with Gasteiger partial charge in [0.2, 0.25) is 11.7 Å². The van der Waals surface area contributed by atoms with E-state index in [1.165, 1.54) is 16.3 Å². The molecular weight excluding hydrogens is 314 g/mol. The molecule has 8 heteroatoms. The first-order valence-electron chi connectivity index (χ1n) is 7.24. The molecule has 0 atom stereocenters. The molecule has 0 aliphatic carbocycles. The number of thioether (sulfide) groups is 1. The van der Waals surface area contributed by atoms with Gasteiger partial charge in [-0.3, -0.25) is 18.6 Å². The second-order valence-corrected chi connectivity index (χ2v) is 6.45. The van der Waals surface area contributed by atoms with Crippen molar-refractivity contribution in [2.24, 2.45) is 7.05 Å². The van der Waals surface area contributed by atoms with Crippen LogP contribution in [-0.4, -0.2) is 36.9 Å². The summed E-state index contributed by atoms with van der Waals surface area (Å²) in [5, 5.41) is 12.2. The summed E-state index contributed by atoms with van der Waals surface area (Å²) in [6.07, 6.45) is 0. The van der Waals surface area contributed by atoms with Crippen LogP contribution in [0.4, 0.5) is 0 Å². The summed E-state index contributed by atoms with van der Waals surface area (Å²) in [6.45, 7) is 3.83. The minimum absolute atomic E-state index is 0.0594. The summed E-state index contributed by atoms with van der Waals surface area (Å²) in [5.41, 5.74) is 0.622. The second kappa shape index (κ2) is 6.04. The van der Waals surface area contributed by atoms with Gasteiger partial charge in [-0.2, -0.15) is 0 Å². The monoisotopic (exact) mass is 331 g/mol. The summed E-state index contributed by atoms with van der Waals surface area (Å²) in [4.78, 5) is 24.2. The van der Waals surface area contributed by atoms with Gasteiger partial charge in [-0.25, -0.2) is 0 Å². The summed E-state index contributed by atoms with van der Waals surface area (Å²) >= 11 is 1.30. The van der Waals surface area contributed by atoms with E-state index in [2.05, 4.69) is 15.5 Å². The summed E-state index contributed by atoms with van der Waals surface area (Å²) in [5.74, 6) is 0.646. The number of nitrogens with zero attached hydrogens (tertiary/aromatic N) is 4. The smallest absolute Gasteiger partial charge is 0.262 e. The highest BCUT2D eigenvalue weighted by molar-refractivity contribution is 7.99. The minimum atomic E-state index is -0.116. The Kier molecular flexibility index (Phi) is 4.08. The average Bonchev–Trinajstić information content (AvgIpc) is 2.94. The van der Waals surface area contributed by atoms with Crippen LogP contribution in [0.2, 0.25) is 0 Å². The maximum Gasteiger partial charge on any atom is 0.262 e. The highest BCUT2D eigenvalue weighted by atomic mass is 32.2. The van der Waals surface area contributed by atoms with Crippen molar-refractivity contribution in [1.82, 2.24) is 24.5 Å². The normalized spacial score (nSPS) is 11.5. The van der Waals surface area contributed by atoms with Crippen LogP contribution >= 0.6 is 11.8 Å². The van der Waals surface area contributed by atoms with E-state index in [1.54, 1.807) is 13.1 Å². The van der Waals surface area contributed by atoms with Gasteiger partial charge in [-0.15, -0.1) is 10.2 Å². The van der Waals surface area contributed by atoms with E-state index in [0.29, 0.717) is 16.3 Å².